The minimum Gasteiger partial charge on any atom is -0.490 e. The molecule has 0 aromatic heterocycles. The van der Waals surface area contributed by atoms with Crippen molar-refractivity contribution < 1.29 is 9.47 Å². The molecule has 30 heavy (non-hydrogen) atoms. The molecule has 0 aliphatic rings. The Morgan fingerprint density at radius 1 is 1.13 bits per heavy atom. The lowest BCUT2D eigenvalue weighted by Crippen LogP contribution is -2.01. The third-order valence-corrected chi connectivity index (χ3v) is 5.93. The Balaban J connectivity index is 1.93. The van der Waals surface area contributed by atoms with Crippen LogP contribution in [-0.2, 0) is 6.61 Å². The van der Waals surface area contributed by atoms with Gasteiger partial charge < -0.3 is 9.47 Å². The van der Waals surface area contributed by atoms with E-state index in [0.717, 1.165) is 24.7 Å². The summed E-state index contributed by atoms with van der Waals surface area (Å²) in [5, 5.41) is 10.3. The van der Waals surface area contributed by atoms with Crippen molar-refractivity contribution in [1.29, 1.82) is 5.26 Å². The monoisotopic (exact) mass is 593 g/mol. The molecule has 3 aromatic rings. The molecule has 0 heterocycles. The number of halogens is 3. The summed E-state index contributed by atoms with van der Waals surface area (Å²) in [7, 11) is 0. The Morgan fingerprint density at radius 2 is 1.87 bits per heavy atom. The van der Waals surface area contributed by atoms with E-state index in [1.807, 2.05) is 73.7 Å². The van der Waals surface area contributed by atoms with E-state index in [1.54, 1.807) is 0 Å². The second-order valence-corrected chi connectivity index (χ2v) is 8.83. The molecular weight excluding hydrogens is 577 g/mol. The topological polar surface area (TPSA) is 42.2 Å². The van der Waals surface area contributed by atoms with E-state index in [1.165, 1.54) is 0 Å². The number of hydrogen-bond acceptors (Lipinski definition) is 3. The predicted molar refractivity (Wildman–Crippen MR) is 134 cm³/mol. The Kier molecular flexibility index (Phi) is 8.20. The van der Waals surface area contributed by atoms with Gasteiger partial charge in [-0.1, -0.05) is 41.9 Å². The highest BCUT2D eigenvalue weighted by atomic mass is 127. The second-order valence-electron chi connectivity index (χ2n) is 6.32. The number of hydrogen-bond donors (Lipinski definition) is 0. The van der Waals surface area contributed by atoms with Gasteiger partial charge in [-0.25, -0.2) is 0 Å². The highest BCUT2D eigenvalue weighted by Gasteiger charge is 2.13. The van der Waals surface area contributed by atoms with Crippen LogP contribution in [0.4, 0.5) is 0 Å². The van der Waals surface area contributed by atoms with E-state index in [9.17, 15) is 5.26 Å². The number of rotatable bonds is 7. The molecule has 0 unspecified atom stereocenters. The smallest absolute Gasteiger partial charge is 0.175 e. The zero-order valence-corrected chi connectivity index (χ0v) is 20.7. The van der Waals surface area contributed by atoms with E-state index in [4.69, 9.17) is 21.1 Å². The van der Waals surface area contributed by atoms with Crippen LogP contribution >= 0.6 is 50.1 Å². The Hall–Kier alpha value is -2.01. The van der Waals surface area contributed by atoms with Crippen LogP contribution in [0.15, 0.2) is 65.1 Å². The maximum absolute atomic E-state index is 9.64. The van der Waals surface area contributed by atoms with Crippen LogP contribution in [0.1, 0.15) is 23.6 Å². The molecule has 0 aliphatic carbocycles. The maximum atomic E-state index is 9.64. The quantitative estimate of drug-likeness (QED) is 0.160. The third-order valence-electron chi connectivity index (χ3n) is 4.25. The number of allylic oxidation sites excluding steroid dienone is 1. The molecule has 0 saturated carbocycles. The van der Waals surface area contributed by atoms with E-state index >= 15 is 0 Å². The summed E-state index contributed by atoms with van der Waals surface area (Å²) >= 11 is 12.1. The van der Waals surface area contributed by atoms with Gasteiger partial charge >= 0.3 is 0 Å². The van der Waals surface area contributed by atoms with Gasteiger partial charge in [0.1, 0.15) is 6.61 Å². The molecule has 0 atom stereocenters. The normalized spacial score (nSPS) is 11.1. The maximum Gasteiger partial charge on any atom is 0.175 e. The fourth-order valence-corrected chi connectivity index (χ4v) is 3.94. The van der Waals surface area contributed by atoms with Crippen molar-refractivity contribution in [3.8, 4) is 17.6 Å². The zero-order chi connectivity index (χ0) is 21.5. The van der Waals surface area contributed by atoms with Crippen molar-refractivity contribution in [2.45, 2.75) is 13.5 Å². The first-order valence-electron chi connectivity index (χ1n) is 9.22. The van der Waals surface area contributed by atoms with Crippen LogP contribution in [0.3, 0.4) is 0 Å². The standard InChI is InChI=1S/C24H18BrClINO2/c1-2-29-23-13-16(11-19(14-28)17-7-9-20(27)10-8-17)12-21(25)24(23)30-15-18-5-3-4-6-22(18)26/h3-13H,2,15H2,1H3/b19-11-. The fourth-order valence-electron chi connectivity index (χ4n) is 2.82. The van der Waals surface area contributed by atoms with E-state index in [2.05, 4.69) is 44.6 Å². The van der Waals surface area contributed by atoms with E-state index in [-0.39, 0.29) is 0 Å². The molecule has 3 aromatic carbocycles. The Labute approximate surface area is 203 Å². The molecule has 0 fully saturated rings. The largest absolute Gasteiger partial charge is 0.490 e. The van der Waals surface area contributed by atoms with Gasteiger partial charge in [0.2, 0.25) is 0 Å². The fraction of sp³-hybridized carbons (Fsp3) is 0.125. The number of benzene rings is 3. The number of nitrogens with zero attached hydrogens (tertiary/aromatic N) is 1. The Morgan fingerprint density at radius 3 is 2.53 bits per heavy atom. The molecule has 0 spiro atoms. The van der Waals surface area contributed by atoms with Crippen LogP contribution in [0.25, 0.3) is 11.6 Å². The molecule has 3 nitrogen and oxygen atoms in total. The first-order valence-corrected chi connectivity index (χ1v) is 11.5. The van der Waals surface area contributed by atoms with Crippen molar-refractivity contribution in [3.05, 3.63) is 90.4 Å². The number of nitriles is 1. The molecule has 0 radical (unpaired) electrons. The van der Waals surface area contributed by atoms with Crippen molar-refractivity contribution in [1.82, 2.24) is 0 Å². The van der Waals surface area contributed by atoms with Gasteiger partial charge in [0, 0.05) is 14.2 Å². The van der Waals surface area contributed by atoms with Crippen LogP contribution in [0.2, 0.25) is 5.02 Å². The minimum absolute atomic E-state index is 0.319. The first kappa shape index (κ1) is 22.7. The van der Waals surface area contributed by atoms with Crippen molar-refractivity contribution >= 4 is 61.8 Å². The summed E-state index contributed by atoms with van der Waals surface area (Å²) in [5.74, 6) is 1.20. The average Bonchev–Trinajstić information content (AvgIpc) is 2.73. The third kappa shape index (κ3) is 5.78. The van der Waals surface area contributed by atoms with Gasteiger partial charge in [-0.05, 0) is 93.0 Å². The average molecular weight is 595 g/mol. The second kappa shape index (κ2) is 10.9. The van der Waals surface area contributed by atoms with E-state index in [0.29, 0.717) is 35.3 Å². The molecule has 0 saturated heterocycles. The Bertz CT molecular complexity index is 1110. The van der Waals surface area contributed by atoms with Gasteiger partial charge in [-0.2, -0.15) is 5.26 Å². The molecule has 0 N–H and O–H groups in total. The van der Waals surface area contributed by atoms with Gasteiger partial charge in [-0.15, -0.1) is 0 Å². The molecule has 3 rings (SSSR count). The molecule has 6 heteroatoms. The predicted octanol–water partition coefficient (Wildman–Crippen LogP) is 7.75. The van der Waals surface area contributed by atoms with Crippen molar-refractivity contribution in [2.75, 3.05) is 6.61 Å². The van der Waals surface area contributed by atoms with Crippen LogP contribution < -0.4 is 9.47 Å². The summed E-state index contributed by atoms with van der Waals surface area (Å²) in [6.45, 7) is 2.73. The lowest BCUT2D eigenvalue weighted by molar-refractivity contribution is 0.267. The number of ether oxygens (including phenoxy) is 2. The van der Waals surface area contributed by atoms with Gasteiger partial charge in [0.25, 0.3) is 0 Å². The lowest BCUT2D eigenvalue weighted by Gasteiger charge is -2.15. The molecular formula is C24H18BrClINO2. The van der Waals surface area contributed by atoms with Crippen LogP contribution in [0, 0.1) is 14.9 Å². The molecule has 0 bridgehead atoms. The molecule has 0 aliphatic heterocycles. The van der Waals surface area contributed by atoms with E-state index < -0.39 is 0 Å². The first-order chi connectivity index (χ1) is 14.5. The van der Waals surface area contributed by atoms with Crippen molar-refractivity contribution in [2.24, 2.45) is 0 Å². The zero-order valence-electron chi connectivity index (χ0n) is 16.2. The summed E-state index contributed by atoms with van der Waals surface area (Å²) in [6.07, 6.45) is 1.84. The lowest BCUT2D eigenvalue weighted by atomic mass is 10.0. The highest BCUT2D eigenvalue weighted by molar-refractivity contribution is 14.1. The van der Waals surface area contributed by atoms with Crippen LogP contribution in [0.5, 0.6) is 11.5 Å². The molecule has 152 valence electrons. The van der Waals surface area contributed by atoms with Crippen molar-refractivity contribution in [3.63, 3.8) is 0 Å². The summed E-state index contributed by atoms with van der Waals surface area (Å²) in [5.41, 5.74) is 3.17. The molecule has 0 amide bonds. The minimum atomic E-state index is 0.319. The summed E-state index contributed by atoms with van der Waals surface area (Å²) in [4.78, 5) is 0. The highest BCUT2D eigenvalue weighted by Crippen LogP contribution is 2.38. The van der Waals surface area contributed by atoms with Gasteiger partial charge in [-0.3, -0.25) is 0 Å². The summed E-state index contributed by atoms with van der Waals surface area (Å²) < 4.78 is 13.7. The van der Waals surface area contributed by atoms with Gasteiger partial charge in [0.05, 0.1) is 22.7 Å². The SMILES string of the molecule is CCOc1cc(/C=C(/C#N)c2ccc(I)cc2)cc(Br)c1OCc1ccccc1Cl. The van der Waals surface area contributed by atoms with Crippen LogP contribution in [-0.4, -0.2) is 6.61 Å². The summed E-state index contributed by atoms with van der Waals surface area (Å²) in [6, 6.07) is 21.5. The van der Waals surface area contributed by atoms with Gasteiger partial charge in [0.15, 0.2) is 11.5 Å².